The third kappa shape index (κ3) is 5.48. The van der Waals surface area contributed by atoms with Crippen molar-refractivity contribution in [2.24, 2.45) is 11.3 Å². The number of amides is 1. The summed E-state index contributed by atoms with van der Waals surface area (Å²) in [5.74, 6) is 0.880. The van der Waals surface area contributed by atoms with Gasteiger partial charge in [-0.3, -0.25) is 4.79 Å². The van der Waals surface area contributed by atoms with Crippen molar-refractivity contribution >= 4 is 11.9 Å². The Labute approximate surface area is 139 Å². The minimum absolute atomic E-state index is 0.00630. The molecule has 5 nitrogen and oxygen atoms in total. The molecule has 1 unspecified atom stereocenters. The molecule has 0 bridgehead atoms. The van der Waals surface area contributed by atoms with Gasteiger partial charge in [0.25, 0.3) is 0 Å². The maximum Gasteiger partial charge on any atom is 0.225 e. The van der Waals surface area contributed by atoms with Crippen molar-refractivity contribution in [1.82, 2.24) is 15.3 Å². The van der Waals surface area contributed by atoms with Crippen LogP contribution in [0.2, 0.25) is 0 Å². The lowest BCUT2D eigenvalue weighted by Crippen LogP contribution is -2.51. The molecule has 1 saturated heterocycles. The van der Waals surface area contributed by atoms with Gasteiger partial charge in [-0.05, 0) is 44.6 Å². The first-order valence-corrected chi connectivity index (χ1v) is 8.50. The third-order valence-electron chi connectivity index (χ3n) is 4.06. The first-order valence-electron chi connectivity index (χ1n) is 8.50. The zero-order valence-electron chi connectivity index (χ0n) is 15.1. The first kappa shape index (κ1) is 17.7. The summed E-state index contributed by atoms with van der Waals surface area (Å²) >= 11 is 0. The van der Waals surface area contributed by atoms with Crippen molar-refractivity contribution in [2.75, 3.05) is 18.0 Å². The van der Waals surface area contributed by atoms with Crippen LogP contribution in [0.25, 0.3) is 0 Å². The zero-order valence-corrected chi connectivity index (χ0v) is 15.1. The number of piperidine rings is 1. The Kier molecular flexibility index (Phi) is 5.27. The van der Waals surface area contributed by atoms with Gasteiger partial charge in [-0.1, -0.05) is 20.8 Å². The third-order valence-corrected chi connectivity index (χ3v) is 4.06. The van der Waals surface area contributed by atoms with Crippen molar-refractivity contribution in [3.63, 3.8) is 0 Å². The summed E-state index contributed by atoms with van der Waals surface area (Å²) in [5.41, 5.74) is -0.00584. The minimum Gasteiger partial charge on any atom is -0.351 e. The minimum atomic E-state index is -0.194. The molecule has 0 saturated carbocycles. The van der Waals surface area contributed by atoms with E-state index in [4.69, 9.17) is 0 Å². The number of nitrogens with zero attached hydrogens (tertiary/aromatic N) is 3. The van der Waals surface area contributed by atoms with Gasteiger partial charge >= 0.3 is 0 Å². The van der Waals surface area contributed by atoms with Gasteiger partial charge in [0.1, 0.15) is 0 Å². The van der Waals surface area contributed by atoms with E-state index in [-0.39, 0.29) is 22.8 Å². The first-order chi connectivity index (χ1) is 10.7. The van der Waals surface area contributed by atoms with E-state index >= 15 is 0 Å². The zero-order chi connectivity index (χ0) is 17.1. The maximum atomic E-state index is 12.7. The van der Waals surface area contributed by atoms with Crippen LogP contribution in [0, 0.1) is 11.3 Å². The lowest BCUT2D eigenvalue weighted by atomic mass is 9.81. The SMILES string of the molecule is CC(C)(C)CC(C)(C)NC(=O)C1CCCN(c2ncccn2)C1. The molecule has 5 heteroatoms. The summed E-state index contributed by atoms with van der Waals surface area (Å²) in [4.78, 5) is 23.4. The molecule has 0 radical (unpaired) electrons. The van der Waals surface area contributed by atoms with E-state index in [1.807, 2.05) is 6.07 Å². The Morgan fingerprint density at radius 1 is 1.26 bits per heavy atom. The summed E-state index contributed by atoms with van der Waals surface area (Å²) in [6.07, 6.45) is 6.37. The highest BCUT2D eigenvalue weighted by molar-refractivity contribution is 5.80. The van der Waals surface area contributed by atoms with E-state index in [0.29, 0.717) is 6.54 Å². The van der Waals surface area contributed by atoms with E-state index in [1.165, 1.54) is 0 Å². The normalized spacial score (nSPS) is 19.5. The lowest BCUT2D eigenvalue weighted by molar-refractivity contribution is -0.127. The van der Waals surface area contributed by atoms with Crippen LogP contribution in [0.4, 0.5) is 5.95 Å². The Balaban J connectivity index is 1.97. The van der Waals surface area contributed by atoms with Crippen molar-refractivity contribution in [2.45, 2.75) is 59.4 Å². The molecule has 1 aliphatic heterocycles. The van der Waals surface area contributed by atoms with Crippen LogP contribution in [0.3, 0.4) is 0 Å². The lowest BCUT2D eigenvalue weighted by Gasteiger charge is -2.37. The van der Waals surface area contributed by atoms with Crippen molar-refractivity contribution < 1.29 is 4.79 Å². The van der Waals surface area contributed by atoms with Crippen LogP contribution in [0.15, 0.2) is 18.5 Å². The second kappa shape index (κ2) is 6.85. The fourth-order valence-electron chi connectivity index (χ4n) is 3.63. The number of hydrogen-bond acceptors (Lipinski definition) is 4. The molecule has 0 aromatic carbocycles. The predicted molar refractivity (Wildman–Crippen MR) is 93.3 cm³/mol. The second-order valence-electron chi connectivity index (χ2n) is 8.44. The highest BCUT2D eigenvalue weighted by Crippen LogP contribution is 2.28. The molecule has 1 aromatic heterocycles. The fourth-order valence-corrected chi connectivity index (χ4v) is 3.63. The second-order valence-corrected chi connectivity index (χ2v) is 8.44. The molecular weight excluding hydrogens is 288 g/mol. The molecule has 1 aromatic rings. The van der Waals surface area contributed by atoms with Crippen molar-refractivity contribution in [3.05, 3.63) is 18.5 Å². The van der Waals surface area contributed by atoms with E-state index in [1.54, 1.807) is 12.4 Å². The topological polar surface area (TPSA) is 58.1 Å². The summed E-state index contributed by atoms with van der Waals surface area (Å²) in [7, 11) is 0. The van der Waals surface area contributed by atoms with Crippen LogP contribution in [-0.4, -0.2) is 34.5 Å². The fraction of sp³-hybridized carbons (Fsp3) is 0.722. The van der Waals surface area contributed by atoms with Gasteiger partial charge in [-0.2, -0.15) is 0 Å². The van der Waals surface area contributed by atoms with Gasteiger partial charge in [0, 0.05) is 31.0 Å². The number of anilines is 1. The van der Waals surface area contributed by atoms with Crippen LogP contribution < -0.4 is 10.2 Å². The molecule has 1 aliphatic rings. The predicted octanol–water partition coefficient (Wildman–Crippen LogP) is 3.02. The molecule has 1 N–H and O–H groups in total. The summed E-state index contributed by atoms with van der Waals surface area (Å²) in [5, 5.41) is 3.25. The molecule has 1 atom stereocenters. The Morgan fingerprint density at radius 2 is 1.91 bits per heavy atom. The summed E-state index contributed by atoms with van der Waals surface area (Å²) in [6.45, 7) is 12.4. The summed E-state index contributed by atoms with van der Waals surface area (Å²) < 4.78 is 0. The van der Waals surface area contributed by atoms with Gasteiger partial charge in [0.05, 0.1) is 5.92 Å². The average Bonchev–Trinajstić information content (AvgIpc) is 2.45. The molecule has 0 spiro atoms. The van der Waals surface area contributed by atoms with Gasteiger partial charge < -0.3 is 10.2 Å². The van der Waals surface area contributed by atoms with Gasteiger partial charge in [-0.15, -0.1) is 0 Å². The van der Waals surface area contributed by atoms with Crippen LogP contribution in [-0.2, 0) is 4.79 Å². The van der Waals surface area contributed by atoms with Crippen molar-refractivity contribution in [3.8, 4) is 0 Å². The summed E-state index contributed by atoms with van der Waals surface area (Å²) in [6, 6.07) is 1.81. The number of hydrogen-bond donors (Lipinski definition) is 1. The van der Waals surface area contributed by atoms with E-state index < -0.39 is 0 Å². The quantitative estimate of drug-likeness (QED) is 0.927. The molecular formula is C18H30N4O. The highest BCUT2D eigenvalue weighted by atomic mass is 16.2. The molecule has 2 heterocycles. The Hall–Kier alpha value is -1.65. The van der Waals surface area contributed by atoms with Crippen LogP contribution in [0.1, 0.15) is 53.9 Å². The van der Waals surface area contributed by atoms with Crippen LogP contribution >= 0.6 is 0 Å². The van der Waals surface area contributed by atoms with Crippen molar-refractivity contribution in [1.29, 1.82) is 0 Å². The van der Waals surface area contributed by atoms with Crippen LogP contribution in [0.5, 0.6) is 0 Å². The monoisotopic (exact) mass is 318 g/mol. The molecule has 1 amide bonds. The van der Waals surface area contributed by atoms with E-state index in [2.05, 4.69) is 54.8 Å². The Morgan fingerprint density at radius 3 is 2.52 bits per heavy atom. The van der Waals surface area contributed by atoms with Gasteiger partial charge in [0.2, 0.25) is 11.9 Å². The Bertz CT molecular complexity index is 522. The maximum absolute atomic E-state index is 12.7. The van der Waals surface area contributed by atoms with Gasteiger partial charge in [0.15, 0.2) is 0 Å². The number of rotatable bonds is 4. The number of nitrogens with one attached hydrogen (secondary N) is 1. The molecule has 1 fully saturated rings. The molecule has 0 aliphatic carbocycles. The standard InChI is InChI=1S/C18H30N4O/c1-17(2,3)13-18(4,5)21-15(23)14-8-6-11-22(12-14)16-19-9-7-10-20-16/h7,9-10,14H,6,8,11-13H2,1-5H3,(H,21,23). The van der Waals surface area contributed by atoms with E-state index in [9.17, 15) is 4.79 Å². The molecule has 23 heavy (non-hydrogen) atoms. The average molecular weight is 318 g/mol. The number of carbonyl (C=O) groups is 1. The number of aromatic nitrogens is 2. The molecule has 128 valence electrons. The van der Waals surface area contributed by atoms with E-state index in [0.717, 1.165) is 31.8 Å². The molecule has 2 rings (SSSR count). The number of carbonyl (C=O) groups excluding carboxylic acids is 1. The van der Waals surface area contributed by atoms with Gasteiger partial charge in [-0.25, -0.2) is 9.97 Å². The highest BCUT2D eigenvalue weighted by Gasteiger charge is 2.32. The smallest absolute Gasteiger partial charge is 0.225 e. The largest absolute Gasteiger partial charge is 0.351 e.